The molecule has 3 nitrogen and oxygen atoms in total. The first-order valence-electron chi connectivity index (χ1n) is 8.47. The fourth-order valence-electron chi connectivity index (χ4n) is 3.39. The Morgan fingerprint density at radius 3 is 2.71 bits per heavy atom. The number of benzene rings is 2. The van der Waals surface area contributed by atoms with Crippen molar-refractivity contribution in [2.75, 3.05) is 0 Å². The van der Waals surface area contributed by atoms with Crippen molar-refractivity contribution in [1.29, 1.82) is 0 Å². The number of hydrogen-bond donors (Lipinski definition) is 1. The number of rotatable bonds is 3. The third kappa shape index (κ3) is 3.61. The molecule has 0 saturated heterocycles. The van der Waals surface area contributed by atoms with Crippen molar-refractivity contribution in [2.24, 2.45) is 0 Å². The van der Waals surface area contributed by atoms with Crippen molar-refractivity contribution in [3.05, 3.63) is 64.7 Å². The number of aryl methyl sites for hydroxylation is 2. The van der Waals surface area contributed by atoms with E-state index in [0.717, 1.165) is 28.9 Å². The smallest absolute Gasteiger partial charge is 0.224 e. The number of carbonyl (C=O) groups excluding carboxylic acids is 1. The number of fused-ring (bicyclic) bond motifs is 1. The van der Waals surface area contributed by atoms with E-state index in [1.54, 1.807) is 0 Å². The van der Waals surface area contributed by atoms with Crippen LogP contribution in [0, 0.1) is 13.8 Å². The molecule has 2 aromatic carbocycles. The van der Waals surface area contributed by atoms with Gasteiger partial charge >= 0.3 is 0 Å². The Morgan fingerprint density at radius 1 is 1.21 bits per heavy atom. The van der Waals surface area contributed by atoms with Crippen LogP contribution in [0.25, 0.3) is 0 Å². The molecular weight excluding hydrogens is 298 g/mol. The largest absolute Gasteiger partial charge is 0.487 e. The molecule has 1 aliphatic rings. The highest BCUT2D eigenvalue weighted by Crippen LogP contribution is 2.39. The van der Waals surface area contributed by atoms with Crippen LogP contribution >= 0.6 is 0 Å². The van der Waals surface area contributed by atoms with Gasteiger partial charge in [0.2, 0.25) is 5.91 Å². The summed E-state index contributed by atoms with van der Waals surface area (Å²) < 4.78 is 6.03. The number of amides is 1. The fourth-order valence-corrected chi connectivity index (χ4v) is 3.39. The minimum atomic E-state index is -0.286. The minimum Gasteiger partial charge on any atom is -0.487 e. The van der Waals surface area contributed by atoms with Crippen molar-refractivity contribution >= 4 is 5.91 Å². The number of hydrogen-bond acceptors (Lipinski definition) is 2. The van der Waals surface area contributed by atoms with Crippen LogP contribution < -0.4 is 10.1 Å². The number of ether oxygens (including phenoxy) is 1. The summed E-state index contributed by atoms with van der Waals surface area (Å²) in [5.74, 6) is 0.921. The second kappa shape index (κ2) is 6.31. The van der Waals surface area contributed by atoms with Crippen molar-refractivity contribution in [3.8, 4) is 5.75 Å². The zero-order chi connectivity index (χ0) is 17.3. The molecule has 3 heteroatoms. The Kier molecular flexibility index (Phi) is 4.35. The predicted octanol–water partition coefficient (Wildman–Crippen LogP) is 4.26. The Hall–Kier alpha value is -2.29. The van der Waals surface area contributed by atoms with Gasteiger partial charge in [0.05, 0.1) is 12.5 Å². The molecule has 0 spiro atoms. The lowest BCUT2D eigenvalue weighted by Crippen LogP contribution is -2.41. The van der Waals surface area contributed by atoms with Crippen LogP contribution in [0.5, 0.6) is 5.75 Å². The molecule has 0 bridgehead atoms. The summed E-state index contributed by atoms with van der Waals surface area (Å²) in [5, 5.41) is 3.20. The molecule has 0 radical (unpaired) electrons. The summed E-state index contributed by atoms with van der Waals surface area (Å²) in [4.78, 5) is 12.6. The first-order valence-corrected chi connectivity index (χ1v) is 8.47. The molecule has 24 heavy (non-hydrogen) atoms. The van der Waals surface area contributed by atoms with Gasteiger partial charge in [-0.05, 0) is 44.9 Å². The van der Waals surface area contributed by atoms with Crippen LogP contribution in [0.1, 0.15) is 48.6 Å². The maximum atomic E-state index is 12.6. The topological polar surface area (TPSA) is 38.3 Å². The van der Waals surface area contributed by atoms with Gasteiger partial charge < -0.3 is 10.1 Å². The summed E-state index contributed by atoms with van der Waals surface area (Å²) in [7, 11) is 0. The van der Waals surface area contributed by atoms with Crippen molar-refractivity contribution in [3.63, 3.8) is 0 Å². The van der Waals surface area contributed by atoms with Gasteiger partial charge in [0.25, 0.3) is 0 Å². The summed E-state index contributed by atoms with van der Waals surface area (Å²) in [6.07, 6.45) is 1.18. The van der Waals surface area contributed by atoms with Crippen LogP contribution in [0.2, 0.25) is 0 Å². The average Bonchev–Trinajstić information content (AvgIpc) is 2.49. The minimum absolute atomic E-state index is 0.0109. The molecule has 1 heterocycles. The molecule has 0 aromatic heterocycles. The van der Waals surface area contributed by atoms with E-state index in [-0.39, 0.29) is 17.6 Å². The van der Waals surface area contributed by atoms with E-state index in [1.807, 2.05) is 30.3 Å². The predicted molar refractivity (Wildman–Crippen MR) is 96.3 cm³/mol. The van der Waals surface area contributed by atoms with Gasteiger partial charge in [0.1, 0.15) is 11.4 Å². The molecule has 2 aromatic rings. The molecule has 3 rings (SSSR count). The molecular formula is C21H25NO2. The first-order chi connectivity index (χ1) is 11.3. The molecule has 1 N–H and O–H groups in total. The Balaban J connectivity index is 1.76. The van der Waals surface area contributed by atoms with Crippen molar-refractivity contribution in [2.45, 2.75) is 52.2 Å². The zero-order valence-electron chi connectivity index (χ0n) is 14.8. The van der Waals surface area contributed by atoms with Gasteiger partial charge in [-0.3, -0.25) is 4.79 Å². The van der Waals surface area contributed by atoms with E-state index in [0.29, 0.717) is 6.42 Å². The van der Waals surface area contributed by atoms with E-state index in [2.05, 4.69) is 45.1 Å². The quantitative estimate of drug-likeness (QED) is 0.916. The van der Waals surface area contributed by atoms with Gasteiger partial charge in [0.15, 0.2) is 0 Å². The summed E-state index contributed by atoms with van der Waals surface area (Å²) in [5.41, 5.74) is 4.24. The monoisotopic (exact) mass is 323 g/mol. The molecule has 0 aliphatic carbocycles. The lowest BCUT2D eigenvalue weighted by molar-refractivity contribution is -0.121. The van der Waals surface area contributed by atoms with Crippen molar-refractivity contribution in [1.82, 2.24) is 5.32 Å². The lowest BCUT2D eigenvalue weighted by atomic mass is 9.89. The lowest BCUT2D eigenvalue weighted by Gasteiger charge is -2.37. The molecule has 0 fully saturated rings. The summed E-state index contributed by atoms with van der Waals surface area (Å²) >= 11 is 0. The third-order valence-electron chi connectivity index (χ3n) is 4.56. The van der Waals surface area contributed by atoms with E-state index >= 15 is 0 Å². The molecule has 1 atom stereocenters. The second-order valence-corrected chi connectivity index (χ2v) is 7.33. The van der Waals surface area contributed by atoms with Gasteiger partial charge in [-0.2, -0.15) is 0 Å². The summed E-state index contributed by atoms with van der Waals surface area (Å²) in [6.45, 7) is 8.25. The number of para-hydroxylation sites is 1. The highest BCUT2D eigenvalue weighted by molar-refractivity contribution is 5.79. The van der Waals surface area contributed by atoms with Crippen LogP contribution in [-0.4, -0.2) is 11.5 Å². The average molecular weight is 323 g/mol. The maximum absolute atomic E-state index is 12.6. The van der Waals surface area contributed by atoms with Crippen LogP contribution in [0.4, 0.5) is 0 Å². The van der Waals surface area contributed by atoms with E-state index in [4.69, 9.17) is 4.74 Å². The van der Waals surface area contributed by atoms with Crippen LogP contribution in [-0.2, 0) is 11.2 Å². The Labute approximate surface area is 144 Å². The Bertz CT molecular complexity index is 764. The zero-order valence-corrected chi connectivity index (χ0v) is 14.8. The third-order valence-corrected chi connectivity index (χ3v) is 4.56. The van der Waals surface area contributed by atoms with Gasteiger partial charge in [0, 0.05) is 12.0 Å². The maximum Gasteiger partial charge on any atom is 0.224 e. The Morgan fingerprint density at radius 2 is 1.96 bits per heavy atom. The van der Waals surface area contributed by atoms with E-state index in [1.165, 1.54) is 5.56 Å². The SMILES string of the molecule is Cc1ccc(CC(=O)N[C@H]2CC(C)(C)Oc3ccccc32)c(C)c1. The highest BCUT2D eigenvalue weighted by atomic mass is 16.5. The van der Waals surface area contributed by atoms with E-state index < -0.39 is 0 Å². The molecule has 0 unspecified atom stereocenters. The van der Waals surface area contributed by atoms with Gasteiger partial charge in [-0.15, -0.1) is 0 Å². The first kappa shape index (κ1) is 16.6. The van der Waals surface area contributed by atoms with Gasteiger partial charge in [-0.25, -0.2) is 0 Å². The van der Waals surface area contributed by atoms with E-state index in [9.17, 15) is 4.79 Å². The fraction of sp³-hybridized carbons (Fsp3) is 0.381. The number of carbonyl (C=O) groups is 1. The molecule has 1 amide bonds. The standard InChI is InChI=1S/C21H25NO2/c1-14-9-10-16(15(2)11-14)12-20(23)22-18-13-21(3,4)24-19-8-6-5-7-17(18)19/h5-11,18H,12-13H2,1-4H3,(H,22,23)/t18-/m0/s1. The molecule has 0 saturated carbocycles. The van der Waals surface area contributed by atoms with Crippen LogP contribution in [0.15, 0.2) is 42.5 Å². The highest BCUT2D eigenvalue weighted by Gasteiger charge is 2.34. The molecule has 126 valence electrons. The number of nitrogens with one attached hydrogen (secondary N) is 1. The summed E-state index contributed by atoms with van der Waals surface area (Å²) in [6, 6.07) is 14.2. The normalized spacial score (nSPS) is 18.4. The van der Waals surface area contributed by atoms with Crippen LogP contribution in [0.3, 0.4) is 0 Å². The van der Waals surface area contributed by atoms with Crippen molar-refractivity contribution < 1.29 is 9.53 Å². The molecule has 1 aliphatic heterocycles. The second-order valence-electron chi connectivity index (χ2n) is 7.33. The van der Waals surface area contributed by atoms with Gasteiger partial charge in [-0.1, -0.05) is 42.0 Å².